The van der Waals surface area contributed by atoms with E-state index in [1.807, 2.05) is 30.9 Å². The summed E-state index contributed by atoms with van der Waals surface area (Å²) >= 11 is 0. The summed E-state index contributed by atoms with van der Waals surface area (Å²) in [5.41, 5.74) is 7.55. The summed E-state index contributed by atoms with van der Waals surface area (Å²) in [5, 5.41) is 0. The fourth-order valence-electron chi connectivity index (χ4n) is 3.09. The number of anilines is 1. The van der Waals surface area contributed by atoms with Crippen LogP contribution in [-0.4, -0.2) is 55.6 Å². The van der Waals surface area contributed by atoms with E-state index in [9.17, 15) is 9.59 Å². The van der Waals surface area contributed by atoms with Gasteiger partial charge in [-0.15, -0.1) is 12.4 Å². The van der Waals surface area contributed by atoms with Crippen LogP contribution in [0.3, 0.4) is 0 Å². The topological polar surface area (TPSA) is 75.9 Å². The van der Waals surface area contributed by atoms with Gasteiger partial charge >= 0.3 is 5.97 Å². The Balaban J connectivity index is 0.00000312. The highest BCUT2D eigenvalue weighted by Crippen LogP contribution is 2.21. The minimum Gasteiger partial charge on any atom is -0.465 e. The van der Waals surface area contributed by atoms with Crippen LogP contribution in [0.2, 0.25) is 0 Å². The molecular formula is C18H28ClN3O3. The van der Waals surface area contributed by atoms with Crippen molar-refractivity contribution >= 4 is 30.0 Å². The number of halogens is 1. The fraction of sp³-hybridized carbons (Fsp3) is 0.556. The largest absolute Gasteiger partial charge is 0.465 e. The van der Waals surface area contributed by atoms with Gasteiger partial charge < -0.3 is 20.3 Å². The van der Waals surface area contributed by atoms with Crippen LogP contribution in [0.15, 0.2) is 24.3 Å². The van der Waals surface area contributed by atoms with Gasteiger partial charge in [-0.25, -0.2) is 4.79 Å². The third-order valence-corrected chi connectivity index (χ3v) is 4.48. The number of piperazine rings is 1. The molecule has 1 fully saturated rings. The van der Waals surface area contributed by atoms with Crippen molar-refractivity contribution in [2.75, 3.05) is 31.6 Å². The van der Waals surface area contributed by atoms with Gasteiger partial charge in [0.2, 0.25) is 5.91 Å². The first-order chi connectivity index (χ1) is 11.5. The lowest BCUT2D eigenvalue weighted by atomic mass is 10.1. The van der Waals surface area contributed by atoms with E-state index >= 15 is 0 Å². The number of methoxy groups -OCH3 is 1. The molecule has 1 amide bonds. The number of carbonyl (C=O) groups is 2. The lowest BCUT2D eigenvalue weighted by Crippen LogP contribution is -2.57. The molecule has 6 nitrogen and oxygen atoms in total. The molecule has 7 heteroatoms. The molecule has 1 aromatic rings. The molecule has 0 aliphatic carbocycles. The zero-order valence-corrected chi connectivity index (χ0v) is 15.9. The molecule has 2 N–H and O–H groups in total. The van der Waals surface area contributed by atoms with Crippen LogP contribution in [0.4, 0.5) is 5.69 Å². The number of carbonyl (C=O) groups excluding carboxylic acids is 2. The maximum absolute atomic E-state index is 12.4. The van der Waals surface area contributed by atoms with Crippen molar-refractivity contribution in [1.29, 1.82) is 0 Å². The van der Waals surface area contributed by atoms with Gasteiger partial charge in [-0.2, -0.15) is 0 Å². The normalized spacial score (nSPS) is 18.3. The van der Waals surface area contributed by atoms with Crippen molar-refractivity contribution in [3.8, 4) is 0 Å². The first-order valence-corrected chi connectivity index (χ1v) is 8.47. The first-order valence-electron chi connectivity index (χ1n) is 8.47. The Morgan fingerprint density at radius 1 is 1.28 bits per heavy atom. The summed E-state index contributed by atoms with van der Waals surface area (Å²) in [6.45, 7) is 6.25. The van der Waals surface area contributed by atoms with E-state index in [1.54, 1.807) is 12.1 Å². The highest BCUT2D eigenvalue weighted by atomic mass is 35.5. The smallest absolute Gasteiger partial charge is 0.337 e. The van der Waals surface area contributed by atoms with E-state index in [-0.39, 0.29) is 30.3 Å². The van der Waals surface area contributed by atoms with Crippen LogP contribution in [0.25, 0.3) is 0 Å². The quantitative estimate of drug-likeness (QED) is 0.804. The zero-order chi connectivity index (χ0) is 17.7. The minimum absolute atomic E-state index is 0. The van der Waals surface area contributed by atoms with Crippen LogP contribution in [0.5, 0.6) is 0 Å². The first kappa shape index (κ1) is 21.3. The molecule has 1 heterocycles. The highest BCUT2D eigenvalue weighted by molar-refractivity contribution is 5.89. The third-order valence-electron chi connectivity index (χ3n) is 4.48. The molecule has 0 aromatic heterocycles. The number of hydrogen-bond donors (Lipinski definition) is 1. The summed E-state index contributed by atoms with van der Waals surface area (Å²) < 4.78 is 4.71. The maximum Gasteiger partial charge on any atom is 0.337 e. The summed E-state index contributed by atoms with van der Waals surface area (Å²) in [6, 6.07) is 7.07. The minimum atomic E-state index is -0.400. The van der Waals surface area contributed by atoms with Gasteiger partial charge in [-0.3, -0.25) is 4.79 Å². The Bertz CT molecular complexity index is 579. The second-order valence-electron chi connectivity index (χ2n) is 6.26. The van der Waals surface area contributed by atoms with Gasteiger partial charge in [0.25, 0.3) is 0 Å². The van der Waals surface area contributed by atoms with Gasteiger partial charge in [-0.05, 0) is 37.6 Å². The number of esters is 1. The van der Waals surface area contributed by atoms with E-state index < -0.39 is 6.04 Å². The molecule has 1 aliphatic rings. The summed E-state index contributed by atoms with van der Waals surface area (Å²) in [7, 11) is 1.37. The van der Waals surface area contributed by atoms with Crippen molar-refractivity contribution in [2.24, 2.45) is 5.73 Å². The van der Waals surface area contributed by atoms with Gasteiger partial charge in [0.1, 0.15) is 0 Å². The van der Waals surface area contributed by atoms with Crippen LogP contribution >= 0.6 is 12.4 Å². The second kappa shape index (κ2) is 9.63. The maximum atomic E-state index is 12.4. The molecule has 2 unspecified atom stereocenters. The number of amides is 1. The Hall–Kier alpha value is -1.79. The van der Waals surface area contributed by atoms with E-state index in [1.165, 1.54) is 7.11 Å². The average molecular weight is 370 g/mol. The molecule has 1 aliphatic heterocycles. The lowest BCUT2D eigenvalue weighted by molar-refractivity contribution is -0.135. The van der Waals surface area contributed by atoms with Crippen LogP contribution < -0.4 is 10.6 Å². The number of rotatable bonds is 5. The van der Waals surface area contributed by atoms with Crippen LogP contribution in [0, 0.1) is 0 Å². The summed E-state index contributed by atoms with van der Waals surface area (Å²) in [4.78, 5) is 28.0. The van der Waals surface area contributed by atoms with Crippen molar-refractivity contribution in [1.82, 2.24) is 4.90 Å². The van der Waals surface area contributed by atoms with Crippen molar-refractivity contribution in [3.63, 3.8) is 0 Å². The van der Waals surface area contributed by atoms with Crippen molar-refractivity contribution in [3.05, 3.63) is 29.8 Å². The Morgan fingerprint density at radius 3 is 2.44 bits per heavy atom. The number of nitrogens with zero attached hydrogens (tertiary/aromatic N) is 2. The SMILES string of the molecule is CCCC(N)C(=O)N1CCN(c2ccc(C(=O)OC)cc2)CC1C.Cl. The van der Waals surface area contributed by atoms with Crippen molar-refractivity contribution < 1.29 is 14.3 Å². The Labute approximate surface area is 155 Å². The molecule has 0 saturated carbocycles. The van der Waals surface area contributed by atoms with E-state index in [4.69, 9.17) is 10.5 Å². The summed E-state index contributed by atoms with van der Waals surface area (Å²) in [6.07, 6.45) is 1.63. The second-order valence-corrected chi connectivity index (χ2v) is 6.26. The number of benzene rings is 1. The van der Waals surface area contributed by atoms with Crippen LogP contribution in [0.1, 0.15) is 37.0 Å². The number of ether oxygens (including phenoxy) is 1. The molecule has 0 radical (unpaired) electrons. The monoisotopic (exact) mass is 369 g/mol. The number of hydrogen-bond acceptors (Lipinski definition) is 5. The zero-order valence-electron chi connectivity index (χ0n) is 15.1. The highest BCUT2D eigenvalue weighted by Gasteiger charge is 2.30. The van der Waals surface area contributed by atoms with Gasteiger partial charge in [-0.1, -0.05) is 13.3 Å². The van der Waals surface area contributed by atoms with Gasteiger partial charge in [0.05, 0.1) is 18.7 Å². The van der Waals surface area contributed by atoms with E-state index in [0.29, 0.717) is 12.1 Å². The lowest BCUT2D eigenvalue weighted by Gasteiger charge is -2.42. The molecule has 1 saturated heterocycles. The standard InChI is InChI=1S/C18H27N3O3.ClH/c1-4-5-16(19)17(22)21-11-10-20(12-13(21)2)15-8-6-14(7-9-15)18(23)24-3;/h6-9,13,16H,4-5,10-12,19H2,1-3H3;1H. The number of nitrogens with two attached hydrogens (primary N) is 1. The molecule has 0 bridgehead atoms. The van der Waals surface area contributed by atoms with E-state index in [2.05, 4.69) is 4.90 Å². The summed E-state index contributed by atoms with van der Waals surface area (Å²) in [5.74, 6) is -0.291. The third kappa shape index (κ3) is 5.09. The molecule has 140 valence electrons. The van der Waals surface area contributed by atoms with E-state index in [0.717, 1.165) is 31.6 Å². The average Bonchev–Trinajstić information content (AvgIpc) is 2.60. The predicted octanol–water partition coefficient (Wildman–Crippen LogP) is 2.06. The van der Waals surface area contributed by atoms with Gasteiger partial charge in [0.15, 0.2) is 0 Å². The Kier molecular flexibility index (Phi) is 8.19. The molecule has 1 aromatic carbocycles. The van der Waals surface area contributed by atoms with Crippen molar-refractivity contribution in [2.45, 2.75) is 38.8 Å². The predicted molar refractivity (Wildman–Crippen MR) is 101 cm³/mol. The molecular weight excluding hydrogens is 342 g/mol. The van der Waals surface area contributed by atoms with Gasteiger partial charge in [0, 0.05) is 31.4 Å². The fourth-order valence-corrected chi connectivity index (χ4v) is 3.09. The van der Waals surface area contributed by atoms with Crippen LogP contribution in [-0.2, 0) is 9.53 Å². The molecule has 2 rings (SSSR count). The molecule has 25 heavy (non-hydrogen) atoms. The molecule has 2 atom stereocenters. The Morgan fingerprint density at radius 2 is 1.92 bits per heavy atom. The molecule has 0 spiro atoms.